The lowest BCUT2D eigenvalue weighted by Crippen LogP contribution is -2.16. The van der Waals surface area contributed by atoms with Gasteiger partial charge in [-0.15, -0.1) is 0 Å². The minimum Gasteiger partial charge on any atom is -0.481 e. The van der Waals surface area contributed by atoms with E-state index in [-0.39, 0.29) is 0 Å². The number of aliphatic carboxylic acids is 1. The standard InChI is InChI=1S/C24H26N2O2/c1-5-6-20(24(27)28)21-17(4)25-23(19-13-9-16(3)10-14-19)26-22(21)18-11-7-15(2)8-12-18/h7-14,20H,5-6H2,1-4H3,(H,27,28). The summed E-state index contributed by atoms with van der Waals surface area (Å²) in [5, 5.41) is 9.86. The highest BCUT2D eigenvalue weighted by molar-refractivity contribution is 5.81. The van der Waals surface area contributed by atoms with E-state index in [9.17, 15) is 9.90 Å². The highest BCUT2D eigenvalue weighted by Gasteiger charge is 2.27. The molecule has 0 bridgehead atoms. The van der Waals surface area contributed by atoms with E-state index in [1.165, 1.54) is 5.56 Å². The quantitative estimate of drug-likeness (QED) is 0.601. The van der Waals surface area contributed by atoms with E-state index < -0.39 is 11.9 Å². The molecule has 0 saturated heterocycles. The molecule has 4 nitrogen and oxygen atoms in total. The van der Waals surface area contributed by atoms with E-state index in [0.717, 1.165) is 28.8 Å². The number of aryl methyl sites for hydroxylation is 3. The van der Waals surface area contributed by atoms with Crippen molar-refractivity contribution in [2.45, 2.75) is 46.5 Å². The predicted molar refractivity (Wildman–Crippen MR) is 112 cm³/mol. The summed E-state index contributed by atoms with van der Waals surface area (Å²) in [6, 6.07) is 16.1. The molecule has 3 rings (SSSR count). The molecule has 1 heterocycles. The molecule has 1 atom stereocenters. The molecule has 0 saturated carbocycles. The van der Waals surface area contributed by atoms with Crippen LogP contribution >= 0.6 is 0 Å². The largest absolute Gasteiger partial charge is 0.481 e. The fourth-order valence-electron chi connectivity index (χ4n) is 3.44. The molecule has 1 N–H and O–H groups in total. The number of aromatic nitrogens is 2. The lowest BCUT2D eigenvalue weighted by Gasteiger charge is -2.19. The minimum atomic E-state index is -0.829. The molecule has 0 fully saturated rings. The first-order chi connectivity index (χ1) is 13.4. The summed E-state index contributed by atoms with van der Waals surface area (Å²) in [6.45, 7) is 7.96. The van der Waals surface area contributed by atoms with Crippen molar-refractivity contribution in [3.05, 3.63) is 70.9 Å². The van der Waals surface area contributed by atoms with Crippen LogP contribution in [0.1, 0.15) is 48.1 Å². The van der Waals surface area contributed by atoms with Gasteiger partial charge in [-0.25, -0.2) is 9.97 Å². The van der Waals surface area contributed by atoms with E-state index in [1.54, 1.807) is 0 Å². The van der Waals surface area contributed by atoms with Gasteiger partial charge in [0.15, 0.2) is 5.82 Å². The second kappa shape index (κ2) is 8.34. The molecule has 0 spiro atoms. The van der Waals surface area contributed by atoms with Gasteiger partial charge in [0.25, 0.3) is 0 Å². The van der Waals surface area contributed by atoms with Crippen molar-refractivity contribution in [1.82, 2.24) is 9.97 Å². The van der Waals surface area contributed by atoms with Gasteiger partial charge in [-0.2, -0.15) is 0 Å². The van der Waals surface area contributed by atoms with Crippen molar-refractivity contribution >= 4 is 5.97 Å². The predicted octanol–water partition coefficient (Wildman–Crippen LogP) is 5.70. The van der Waals surface area contributed by atoms with Crippen LogP contribution in [0.4, 0.5) is 0 Å². The van der Waals surface area contributed by atoms with Crippen LogP contribution in [0.5, 0.6) is 0 Å². The Kier molecular flexibility index (Phi) is 5.88. The van der Waals surface area contributed by atoms with Crippen LogP contribution in [0.3, 0.4) is 0 Å². The molecule has 1 unspecified atom stereocenters. The van der Waals surface area contributed by atoms with Crippen molar-refractivity contribution < 1.29 is 9.90 Å². The highest BCUT2D eigenvalue weighted by Crippen LogP contribution is 2.34. The number of hydrogen-bond donors (Lipinski definition) is 1. The van der Waals surface area contributed by atoms with Gasteiger partial charge in [-0.05, 0) is 27.2 Å². The van der Waals surface area contributed by atoms with E-state index in [1.807, 2.05) is 76.2 Å². The van der Waals surface area contributed by atoms with Crippen LogP contribution in [0.25, 0.3) is 22.6 Å². The van der Waals surface area contributed by atoms with Crippen LogP contribution in [-0.2, 0) is 4.79 Å². The Morgan fingerprint density at radius 1 is 0.893 bits per heavy atom. The second-order valence-corrected chi connectivity index (χ2v) is 7.31. The summed E-state index contributed by atoms with van der Waals surface area (Å²) >= 11 is 0. The lowest BCUT2D eigenvalue weighted by atomic mass is 9.89. The van der Waals surface area contributed by atoms with E-state index in [0.29, 0.717) is 23.5 Å². The Balaban J connectivity index is 2.24. The van der Waals surface area contributed by atoms with Gasteiger partial charge in [0.2, 0.25) is 0 Å². The summed E-state index contributed by atoms with van der Waals surface area (Å²) < 4.78 is 0. The Bertz CT molecular complexity index is 977. The summed E-state index contributed by atoms with van der Waals surface area (Å²) in [4.78, 5) is 21.5. The maximum absolute atomic E-state index is 12.0. The maximum atomic E-state index is 12.0. The molecule has 0 aliphatic rings. The van der Waals surface area contributed by atoms with Crippen LogP contribution < -0.4 is 0 Å². The SMILES string of the molecule is CCCC(C(=O)O)c1c(C)nc(-c2ccc(C)cc2)nc1-c1ccc(C)cc1. The number of carbonyl (C=O) groups is 1. The molecule has 1 aromatic heterocycles. The zero-order valence-electron chi connectivity index (χ0n) is 16.9. The van der Waals surface area contributed by atoms with E-state index in [4.69, 9.17) is 4.98 Å². The molecule has 2 aromatic carbocycles. The van der Waals surface area contributed by atoms with Gasteiger partial charge in [0, 0.05) is 22.4 Å². The third kappa shape index (κ3) is 4.11. The molecule has 0 aliphatic heterocycles. The highest BCUT2D eigenvalue weighted by atomic mass is 16.4. The first-order valence-electron chi connectivity index (χ1n) is 9.66. The van der Waals surface area contributed by atoms with Crippen molar-refractivity contribution in [2.24, 2.45) is 0 Å². The number of carboxylic acids is 1. The van der Waals surface area contributed by atoms with Gasteiger partial charge in [0.05, 0.1) is 11.6 Å². The average Bonchev–Trinajstić information content (AvgIpc) is 2.67. The molecule has 144 valence electrons. The number of rotatable bonds is 6. The topological polar surface area (TPSA) is 63.1 Å². The number of hydrogen-bond acceptors (Lipinski definition) is 3. The summed E-state index contributed by atoms with van der Waals surface area (Å²) in [5.41, 5.74) is 6.32. The van der Waals surface area contributed by atoms with Crippen LogP contribution in [-0.4, -0.2) is 21.0 Å². The van der Waals surface area contributed by atoms with Gasteiger partial charge in [0.1, 0.15) is 0 Å². The summed E-state index contributed by atoms with van der Waals surface area (Å²) in [6.07, 6.45) is 1.34. The fourth-order valence-corrected chi connectivity index (χ4v) is 3.44. The van der Waals surface area contributed by atoms with Crippen molar-refractivity contribution in [3.63, 3.8) is 0 Å². The Morgan fingerprint density at radius 3 is 1.93 bits per heavy atom. The normalized spacial score (nSPS) is 12.0. The minimum absolute atomic E-state index is 0.558. The monoisotopic (exact) mass is 374 g/mol. The van der Waals surface area contributed by atoms with E-state index >= 15 is 0 Å². The Hall–Kier alpha value is -3.01. The van der Waals surface area contributed by atoms with Gasteiger partial charge < -0.3 is 5.11 Å². The van der Waals surface area contributed by atoms with Crippen molar-refractivity contribution in [2.75, 3.05) is 0 Å². The van der Waals surface area contributed by atoms with Gasteiger partial charge in [-0.3, -0.25) is 4.79 Å². The van der Waals surface area contributed by atoms with Crippen LogP contribution in [0.2, 0.25) is 0 Å². The second-order valence-electron chi connectivity index (χ2n) is 7.31. The van der Waals surface area contributed by atoms with Crippen LogP contribution in [0.15, 0.2) is 48.5 Å². The smallest absolute Gasteiger partial charge is 0.311 e. The molecule has 0 aliphatic carbocycles. The number of benzene rings is 2. The van der Waals surface area contributed by atoms with Crippen LogP contribution in [0, 0.1) is 20.8 Å². The molecule has 0 amide bonds. The lowest BCUT2D eigenvalue weighted by molar-refractivity contribution is -0.139. The Labute approximate surface area is 166 Å². The molecule has 3 aromatic rings. The summed E-state index contributed by atoms with van der Waals surface area (Å²) in [7, 11) is 0. The van der Waals surface area contributed by atoms with E-state index in [2.05, 4.69) is 4.98 Å². The molecule has 4 heteroatoms. The zero-order valence-corrected chi connectivity index (χ0v) is 16.9. The van der Waals surface area contributed by atoms with Crippen molar-refractivity contribution in [1.29, 1.82) is 0 Å². The maximum Gasteiger partial charge on any atom is 0.311 e. The average molecular weight is 374 g/mol. The Morgan fingerprint density at radius 2 is 1.43 bits per heavy atom. The number of carboxylic acid groups (broad SMARTS) is 1. The molecule has 0 radical (unpaired) electrons. The first-order valence-corrected chi connectivity index (χ1v) is 9.66. The number of nitrogens with zero attached hydrogens (tertiary/aromatic N) is 2. The fraction of sp³-hybridized carbons (Fsp3) is 0.292. The third-order valence-electron chi connectivity index (χ3n) is 4.99. The van der Waals surface area contributed by atoms with Gasteiger partial charge in [-0.1, -0.05) is 73.0 Å². The first kappa shape index (κ1) is 19.7. The van der Waals surface area contributed by atoms with Crippen molar-refractivity contribution in [3.8, 4) is 22.6 Å². The third-order valence-corrected chi connectivity index (χ3v) is 4.99. The molecular weight excluding hydrogens is 348 g/mol. The molecule has 28 heavy (non-hydrogen) atoms. The molecular formula is C24H26N2O2. The zero-order chi connectivity index (χ0) is 20.3. The summed E-state index contributed by atoms with van der Waals surface area (Å²) in [5.74, 6) is -0.823. The van der Waals surface area contributed by atoms with Gasteiger partial charge >= 0.3 is 5.97 Å².